The van der Waals surface area contributed by atoms with Crippen LogP contribution in [0.1, 0.15) is 44.9 Å². The molecule has 4 fully saturated rings. The summed E-state index contributed by atoms with van der Waals surface area (Å²) in [5, 5.41) is 13.8. The van der Waals surface area contributed by atoms with E-state index in [9.17, 15) is 4.79 Å². The molecule has 3 heterocycles. The zero-order valence-electron chi connectivity index (χ0n) is 20.2. The summed E-state index contributed by atoms with van der Waals surface area (Å²) in [5.41, 5.74) is 7.01. The van der Waals surface area contributed by atoms with Gasteiger partial charge in [-0.05, 0) is 64.6 Å². The average molecular weight is 531 g/mol. The first kappa shape index (κ1) is 25.8. The molecule has 7 unspecified atom stereocenters. The van der Waals surface area contributed by atoms with Gasteiger partial charge in [-0.1, -0.05) is 22.4 Å². The van der Waals surface area contributed by atoms with E-state index in [2.05, 4.69) is 60.0 Å². The Kier molecular flexibility index (Phi) is 9.81. The minimum absolute atomic E-state index is 0.0121. The molecule has 0 aromatic carbocycles. The molecule has 0 aromatic heterocycles. The summed E-state index contributed by atoms with van der Waals surface area (Å²) in [5.74, 6) is 1.28. The summed E-state index contributed by atoms with van der Waals surface area (Å²) in [7, 11) is 3.95. The number of piperidine rings is 2. The maximum absolute atomic E-state index is 12.9. The van der Waals surface area contributed by atoms with Gasteiger partial charge in [-0.15, -0.1) is 0 Å². The number of methoxy groups -OCH3 is 1. The van der Waals surface area contributed by atoms with E-state index < -0.39 is 0 Å². The van der Waals surface area contributed by atoms with Crippen LogP contribution in [0.2, 0.25) is 0 Å². The lowest BCUT2D eigenvalue weighted by Crippen LogP contribution is -2.52. The van der Waals surface area contributed by atoms with Gasteiger partial charge >= 0.3 is 0 Å². The third-order valence-corrected chi connectivity index (χ3v) is 8.82. The molecule has 1 amide bonds. The van der Waals surface area contributed by atoms with Crippen LogP contribution in [0.4, 0.5) is 0 Å². The van der Waals surface area contributed by atoms with Crippen molar-refractivity contribution in [1.82, 2.24) is 37.0 Å². The largest absolute Gasteiger partial charge is 0.366 e. The smallest absolute Gasteiger partial charge is 0.223 e. The van der Waals surface area contributed by atoms with Gasteiger partial charge in [-0.25, -0.2) is 10.9 Å². The molecule has 3 aliphatic heterocycles. The zero-order valence-corrected chi connectivity index (χ0v) is 21.8. The monoisotopic (exact) mass is 529 g/mol. The predicted octanol–water partition coefficient (Wildman–Crippen LogP) is 0.288. The van der Waals surface area contributed by atoms with E-state index in [-0.39, 0.29) is 24.2 Å². The molecular formula is C23H44BrN7O2. The highest BCUT2D eigenvalue weighted by molar-refractivity contribution is 9.09. The Hall–Kier alpha value is -0.330. The van der Waals surface area contributed by atoms with Gasteiger partial charge in [0.1, 0.15) is 6.23 Å². The SMILES string of the molecule is COC1NCC(Br)CC1CNC(=O)C1CCCC(NCC2NNC(C3CCNCC3)N2C)C1. The van der Waals surface area contributed by atoms with E-state index in [1.165, 1.54) is 12.8 Å². The van der Waals surface area contributed by atoms with E-state index in [4.69, 9.17) is 4.74 Å². The highest BCUT2D eigenvalue weighted by Crippen LogP contribution is 2.26. The molecule has 0 bridgehead atoms. The Labute approximate surface area is 207 Å². The van der Waals surface area contributed by atoms with Crippen LogP contribution in [0, 0.1) is 17.8 Å². The van der Waals surface area contributed by atoms with E-state index >= 15 is 0 Å². The van der Waals surface area contributed by atoms with Crippen LogP contribution in [0.15, 0.2) is 0 Å². The quantitative estimate of drug-likeness (QED) is 0.249. The number of hydrogen-bond donors (Lipinski definition) is 6. The van der Waals surface area contributed by atoms with Gasteiger partial charge in [-0.2, -0.15) is 0 Å². The molecule has 1 saturated carbocycles. The molecule has 9 nitrogen and oxygen atoms in total. The van der Waals surface area contributed by atoms with Gasteiger partial charge in [0, 0.05) is 49.4 Å². The summed E-state index contributed by atoms with van der Waals surface area (Å²) in [4.78, 5) is 15.8. The first-order chi connectivity index (χ1) is 16.0. The van der Waals surface area contributed by atoms with Crippen molar-refractivity contribution in [2.24, 2.45) is 17.8 Å². The van der Waals surface area contributed by atoms with Crippen LogP contribution < -0.4 is 32.1 Å². The van der Waals surface area contributed by atoms with Gasteiger partial charge in [0.25, 0.3) is 0 Å². The van der Waals surface area contributed by atoms with Crippen LogP contribution in [0.3, 0.4) is 0 Å². The molecule has 1 aliphatic carbocycles. The second-order valence-corrected chi connectivity index (χ2v) is 11.7. The lowest BCUT2D eigenvalue weighted by molar-refractivity contribution is -0.126. The van der Waals surface area contributed by atoms with Crippen LogP contribution >= 0.6 is 15.9 Å². The fraction of sp³-hybridized carbons (Fsp3) is 0.957. The number of alkyl halides is 1. The van der Waals surface area contributed by atoms with Crippen molar-refractivity contribution in [3.8, 4) is 0 Å². The zero-order chi connectivity index (χ0) is 23.2. The van der Waals surface area contributed by atoms with Crippen molar-refractivity contribution < 1.29 is 9.53 Å². The van der Waals surface area contributed by atoms with E-state index in [1.807, 2.05) is 0 Å². The highest BCUT2D eigenvalue weighted by atomic mass is 79.9. The van der Waals surface area contributed by atoms with Crippen molar-refractivity contribution in [2.75, 3.05) is 46.9 Å². The summed E-state index contributed by atoms with van der Waals surface area (Å²) >= 11 is 3.70. The normalized spacial score (nSPS) is 38.9. The number of halogens is 1. The fourth-order valence-electron chi connectivity index (χ4n) is 6.06. The maximum Gasteiger partial charge on any atom is 0.223 e. The summed E-state index contributed by atoms with van der Waals surface area (Å²) < 4.78 is 5.57. The van der Waals surface area contributed by atoms with Gasteiger partial charge in [0.15, 0.2) is 0 Å². The Morgan fingerprint density at radius 3 is 2.73 bits per heavy atom. The van der Waals surface area contributed by atoms with Gasteiger partial charge in [0.05, 0.1) is 12.3 Å². The van der Waals surface area contributed by atoms with Crippen LogP contribution in [0.25, 0.3) is 0 Å². The Balaban J connectivity index is 1.19. The molecule has 4 aliphatic rings. The number of carbonyl (C=O) groups excluding carboxylic acids is 1. The van der Waals surface area contributed by atoms with Crippen LogP contribution in [-0.2, 0) is 9.53 Å². The van der Waals surface area contributed by atoms with Gasteiger partial charge < -0.3 is 20.7 Å². The van der Waals surface area contributed by atoms with Crippen molar-refractivity contribution in [2.45, 2.75) is 74.4 Å². The lowest BCUT2D eigenvalue weighted by atomic mass is 9.85. The fourth-order valence-corrected chi connectivity index (χ4v) is 6.73. The lowest BCUT2D eigenvalue weighted by Gasteiger charge is -2.35. The van der Waals surface area contributed by atoms with Crippen molar-refractivity contribution >= 4 is 21.8 Å². The Morgan fingerprint density at radius 2 is 1.94 bits per heavy atom. The number of amides is 1. The summed E-state index contributed by atoms with van der Waals surface area (Å²) in [6.45, 7) is 4.69. The number of hydrogen-bond acceptors (Lipinski definition) is 8. The average Bonchev–Trinajstić information content (AvgIpc) is 3.22. The second kappa shape index (κ2) is 12.6. The second-order valence-electron chi connectivity index (χ2n) is 10.4. The highest BCUT2D eigenvalue weighted by Gasteiger charge is 2.36. The Bertz CT molecular complexity index is 624. The van der Waals surface area contributed by atoms with Crippen molar-refractivity contribution in [3.05, 3.63) is 0 Å². The Morgan fingerprint density at radius 1 is 1.12 bits per heavy atom. The number of rotatable bonds is 8. The molecule has 3 saturated heterocycles. The third-order valence-electron chi connectivity index (χ3n) is 8.12. The summed E-state index contributed by atoms with van der Waals surface area (Å²) in [6.07, 6.45) is 8.31. The predicted molar refractivity (Wildman–Crippen MR) is 134 cm³/mol. The first-order valence-electron chi connectivity index (χ1n) is 12.9. The van der Waals surface area contributed by atoms with E-state index in [0.717, 1.165) is 58.3 Å². The molecule has 0 aromatic rings. The van der Waals surface area contributed by atoms with Gasteiger partial charge in [0.2, 0.25) is 5.91 Å². The molecule has 6 N–H and O–H groups in total. The van der Waals surface area contributed by atoms with E-state index in [1.54, 1.807) is 7.11 Å². The topological polar surface area (TPSA) is 102 Å². The molecule has 4 rings (SSSR count). The maximum atomic E-state index is 12.9. The van der Waals surface area contributed by atoms with Crippen LogP contribution in [-0.4, -0.2) is 87.1 Å². The number of ether oxygens (including phenoxy) is 1. The van der Waals surface area contributed by atoms with Crippen LogP contribution in [0.5, 0.6) is 0 Å². The standard InChI is InChI=1S/C23H44BrN7O2/c1-31-20(29-30-21(31)15-6-8-25-9-7-15)14-26-19-5-3-4-16(11-19)22(32)27-12-17-10-18(24)13-28-23(17)33-2/h15-21,23,25-26,28-30H,3-14H2,1-2H3,(H,27,32). The van der Waals surface area contributed by atoms with E-state index in [0.29, 0.717) is 35.4 Å². The number of nitrogens with one attached hydrogen (secondary N) is 6. The number of carbonyl (C=O) groups is 1. The minimum Gasteiger partial charge on any atom is -0.366 e. The van der Waals surface area contributed by atoms with Crippen molar-refractivity contribution in [3.63, 3.8) is 0 Å². The van der Waals surface area contributed by atoms with Gasteiger partial charge in [-0.3, -0.25) is 15.0 Å². The minimum atomic E-state index is 0.0121. The first-order valence-corrected chi connectivity index (χ1v) is 13.8. The molecular weight excluding hydrogens is 486 g/mol. The number of nitrogens with zero attached hydrogens (tertiary/aromatic N) is 1. The molecule has 33 heavy (non-hydrogen) atoms. The van der Waals surface area contributed by atoms with Crippen molar-refractivity contribution in [1.29, 1.82) is 0 Å². The molecule has 190 valence electrons. The molecule has 0 spiro atoms. The number of hydrazine groups is 1. The molecule has 0 radical (unpaired) electrons. The number of likely N-dealkylation sites (N-methyl/N-ethyl adjacent to an activating group) is 1. The molecule has 7 atom stereocenters. The molecule has 10 heteroatoms. The summed E-state index contributed by atoms with van der Waals surface area (Å²) in [6, 6.07) is 0.401. The third kappa shape index (κ3) is 6.88.